The van der Waals surface area contributed by atoms with E-state index in [0.29, 0.717) is 6.42 Å². The molecular weight excluding hydrogens is 398 g/mol. The highest BCUT2D eigenvalue weighted by molar-refractivity contribution is 7.89. The van der Waals surface area contributed by atoms with Gasteiger partial charge in [-0.15, -0.1) is 0 Å². The normalized spacial score (nSPS) is 12.6. The van der Waals surface area contributed by atoms with E-state index in [1.165, 1.54) is 16.4 Å². The molecule has 3 aromatic rings. The van der Waals surface area contributed by atoms with E-state index < -0.39 is 16.0 Å². The summed E-state index contributed by atoms with van der Waals surface area (Å²) < 4.78 is 28.8. The van der Waals surface area contributed by atoms with Crippen molar-refractivity contribution >= 4 is 16.0 Å². The van der Waals surface area contributed by atoms with Gasteiger partial charge < -0.3 is 5.11 Å². The number of hydrogen-bond acceptors (Lipinski definition) is 3. The van der Waals surface area contributed by atoms with Crippen molar-refractivity contribution in [3.8, 4) is 0 Å². The lowest BCUT2D eigenvalue weighted by Gasteiger charge is -2.31. The largest absolute Gasteiger partial charge is 0.478 e. The average Bonchev–Trinajstić information content (AvgIpc) is 2.75. The van der Waals surface area contributed by atoms with Crippen LogP contribution in [-0.4, -0.2) is 23.8 Å². The summed E-state index contributed by atoms with van der Waals surface area (Å²) in [5.74, 6) is -1.01. The molecule has 0 aromatic heterocycles. The zero-order chi connectivity index (χ0) is 21.7. The molecule has 0 bridgehead atoms. The predicted molar refractivity (Wildman–Crippen MR) is 117 cm³/mol. The first-order valence-electron chi connectivity index (χ1n) is 9.78. The van der Waals surface area contributed by atoms with Crippen LogP contribution in [0.2, 0.25) is 0 Å². The fraction of sp³-hybridized carbons (Fsp3) is 0.208. The molecule has 0 amide bonds. The Bertz CT molecular complexity index is 1090. The third kappa shape index (κ3) is 4.78. The van der Waals surface area contributed by atoms with Crippen LogP contribution in [0.3, 0.4) is 0 Å². The van der Waals surface area contributed by atoms with Gasteiger partial charge in [-0.05, 0) is 48.7 Å². The fourth-order valence-corrected chi connectivity index (χ4v) is 5.10. The molecule has 3 rings (SSSR count). The van der Waals surface area contributed by atoms with Gasteiger partial charge in [-0.1, -0.05) is 67.1 Å². The molecular formula is C24H25NO4S. The molecule has 30 heavy (non-hydrogen) atoms. The zero-order valence-corrected chi connectivity index (χ0v) is 17.8. The Morgan fingerprint density at radius 2 is 1.53 bits per heavy atom. The number of rotatable bonds is 8. The minimum absolute atomic E-state index is 0.142. The molecule has 0 aliphatic carbocycles. The molecule has 5 nitrogen and oxygen atoms in total. The van der Waals surface area contributed by atoms with Crippen LogP contribution in [0.5, 0.6) is 0 Å². The second-order valence-corrected chi connectivity index (χ2v) is 9.09. The van der Waals surface area contributed by atoms with Crippen LogP contribution in [0, 0.1) is 6.92 Å². The molecule has 156 valence electrons. The van der Waals surface area contributed by atoms with Crippen LogP contribution >= 0.6 is 0 Å². The highest BCUT2D eigenvalue weighted by Crippen LogP contribution is 2.32. The van der Waals surface area contributed by atoms with E-state index >= 15 is 0 Å². The van der Waals surface area contributed by atoms with Crippen molar-refractivity contribution in [2.75, 3.05) is 0 Å². The van der Waals surface area contributed by atoms with E-state index in [0.717, 1.165) is 16.7 Å². The lowest BCUT2D eigenvalue weighted by molar-refractivity contribution is 0.0697. The maximum absolute atomic E-state index is 13.6. The maximum atomic E-state index is 13.6. The van der Waals surface area contributed by atoms with Crippen LogP contribution in [0.25, 0.3) is 0 Å². The fourth-order valence-electron chi connectivity index (χ4n) is 3.42. The van der Waals surface area contributed by atoms with E-state index in [2.05, 4.69) is 0 Å². The van der Waals surface area contributed by atoms with Gasteiger partial charge in [0.05, 0.1) is 16.5 Å². The van der Waals surface area contributed by atoms with Gasteiger partial charge in [0, 0.05) is 6.54 Å². The minimum atomic E-state index is -3.78. The monoisotopic (exact) mass is 423 g/mol. The maximum Gasteiger partial charge on any atom is 0.335 e. The van der Waals surface area contributed by atoms with Gasteiger partial charge in [0.1, 0.15) is 0 Å². The number of carbonyl (C=O) groups is 1. The molecule has 0 aliphatic heterocycles. The van der Waals surface area contributed by atoms with Gasteiger partial charge in [0.25, 0.3) is 0 Å². The SMILES string of the molecule is CCC(c1ccccc1)N(Cc1ccc(C(=O)O)cc1)S(=O)(=O)c1ccc(C)cc1. The number of sulfonamides is 1. The molecule has 0 saturated heterocycles. The predicted octanol–water partition coefficient (Wildman–Crippen LogP) is 5.04. The molecule has 0 fully saturated rings. The average molecular weight is 424 g/mol. The van der Waals surface area contributed by atoms with Crippen LogP contribution in [0.1, 0.15) is 46.4 Å². The number of carboxylic acids is 1. The van der Waals surface area contributed by atoms with Gasteiger partial charge in [-0.2, -0.15) is 4.31 Å². The van der Waals surface area contributed by atoms with Crippen molar-refractivity contribution < 1.29 is 18.3 Å². The first-order valence-corrected chi connectivity index (χ1v) is 11.2. The molecule has 3 aromatic carbocycles. The van der Waals surface area contributed by atoms with E-state index in [9.17, 15) is 13.2 Å². The molecule has 0 saturated carbocycles. The van der Waals surface area contributed by atoms with E-state index in [4.69, 9.17) is 5.11 Å². The molecule has 0 radical (unpaired) electrons. The summed E-state index contributed by atoms with van der Waals surface area (Å²) in [6, 6.07) is 22.4. The summed E-state index contributed by atoms with van der Waals surface area (Å²) in [7, 11) is -3.78. The first kappa shape index (κ1) is 21.7. The van der Waals surface area contributed by atoms with Gasteiger partial charge in [-0.3, -0.25) is 0 Å². The summed E-state index contributed by atoms with van der Waals surface area (Å²) in [5.41, 5.74) is 2.80. The van der Waals surface area contributed by atoms with E-state index in [-0.39, 0.29) is 23.0 Å². The van der Waals surface area contributed by atoms with Gasteiger partial charge in [0.2, 0.25) is 10.0 Å². The first-order chi connectivity index (χ1) is 14.3. The van der Waals surface area contributed by atoms with Crippen molar-refractivity contribution in [1.82, 2.24) is 4.31 Å². The Morgan fingerprint density at radius 1 is 0.933 bits per heavy atom. The van der Waals surface area contributed by atoms with Crippen LogP contribution in [-0.2, 0) is 16.6 Å². The van der Waals surface area contributed by atoms with Crippen molar-refractivity contribution in [3.05, 3.63) is 101 Å². The van der Waals surface area contributed by atoms with Gasteiger partial charge in [0.15, 0.2) is 0 Å². The highest BCUT2D eigenvalue weighted by Gasteiger charge is 2.31. The van der Waals surface area contributed by atoms with Gasteiger partial charge in [-0.25, -0.2) is 13.2 Å². The number of nitrogens with zero attached hydrogens (tertiary/aromatic N) is 1. The molecule has 0 heterocycles. The van der Waals surface area contributed by atoms with Crippen molar-refractivity contribution in [2.45, 2.75) is 37.8 Å². The molecule has 0 spiro atoms. The van der Waals surface area contributed by atoms with E-state index in [1.54, 1.807) is 36.4 Å². The second-order valence-electron chi connectivity index (χ2n) is 7.20. The molecule has 6 heteroatoms. The number of aromatic carboxylic acids is 1. The third-order valence-electron chi connectivity index (χ3n) is 5.09. The van der Waals surface area contributed by atoms with Crippen LogP contribution < -0.4 is 0 Å². The van der Waals surface area contributed by atoms with Crippen LogP contribution in [0.15, 0.2) is 83.8 Å². The smallest absolute Gasteiger partial charge is 0.335 e. The summed E-state index contributed by atoms with van der Waals surface area (Å²) in [6.45, 7) is 4.02. The van der Waals surface area contributed by atoms with Crippen molar-refractivity contribution in [2.24, 2.45) is 0 Å². The van der Waals surface area contributed by atoms with Crippen molar-refractivity contribution in [1.29, 1.82) is 0 Å². The molecule has 1 atom stereocenters. The second kappa shape index (κ2) is 9.24. The number of hydrogen-bond donors (Lipinski definition) is 1. The third-order valence-corrected chi connectivity index (χ3v) is 6.95. The number of benzene rings is 3. The Morgan fingerprint density at radius 3 is 2.07 bits per heavy atom. The Kier molecular flexibility index (Phi) is 6.70. The summed E-state index contributed by atoms with van der Waals surface area (Å²) in [6.07, 6.45) is 0.600. The quantitative estimate of drug-likeness (QED) is 0.551. The minimum Gasteiger partial charge on any atom is -0.478 e. The molecule has 1 unspecified atom stereocenters. The number of carboxylic acid groups (broad SMARTS) is 1. The molecule has 1 N–H and O–H groups in total. The summed E-state index contributed by atoms with van der Waals surface area (Å²) in [4.78, 5) is 11.4. The highest BCUT2D eigenvalue weighted by atomic mass is 32.2. The zero-order valence-electron chi connectivity index (χ0n) is 17.0. The van der Waals surface area contributed by atoms with E-state index in [1.807, 2.05) is 44.2 Å². The topological polar surface area (TPSA) is 74.7 Å². The lowest BCUT2D eigenvalue weighted by Crippen LogP contribution is -2.34. The lowest BCUT2D eigenvalue weighted by atomic mass is 10.0. The standard InChI is InChI=1S/C24H25NO4S/c1-3-23(20-7-5-4-6-8-20)25(17-19-11-13-21(14-12-19)24(26)27)30(28,29)22-15-9-18(2)10-16-22/h4-16,23H,3,17H2,1-2H3,(H,26,27). The van der Waals surface area contributed by atoms with Crippen molar-refractivity contribution in [3.63, 3.8) is 0 Å². The summed E-state index contributed by atoms with van der Waals surface area (Å²) in [5, 5.41) is 9.13. The Hall–Kier alpha value is -2.96. The Labute approximate surface area is 177 Å². The van der Waals surface area contributed by atoms with Gasteiger partial charge >= 0.3 is 5.97 Å². The van der Waals surface area contributed by atoms with Crippen LogP contribution in [0.4, 0.5) is 0 Å². The summed E-state index contributed by atoms with van der Waals surface area (Å²) >= 11 is 0. The molecule has 0 aliphatic rings. The Balaban J connectivity index is 2.05. The number of aryl methyl sites for hydroxylation is 1.